The molecular formula is C26H27FN2OS. The van der Waals surface area contributed by atoms with Crippen molar-refractivity contribution in [1.29, 1.82) is 0 Å². The van der Waals surface area contributed by atoms with Crippen LogP contribution in [0.5, 0.6) is 0 Å². The van der Waals surface area contributed by atoms with E-state index in [1.54, 1.807) is 11.3 Å². The van der Waals surface area contributed by atoms with Gasteiger partial charge in [0.15, 0.2) is 0 Å². The Balaban J connectivity index is 1.76. The quantitative estimate of drug-likeness (QED) is 0.320. The van der Waals surface area contributed by atoms with Crippen LogP contribution >= 0.6 is 11.3 Å². The number of thiophene rings is 1. The van der Waals surface area contributed by atoms with Crippen molar-refractivity contribution in [3.63, 3.8) is 0 Å². The third kappa shape index (κ3) is 4.57. The molecule has 1 atom stereocenters. The van der Waals surface area contributed by atoms with E-state index in [0.717, 1.165) is 29.6 Å². The molecule has 0 aliphatic heterocycles. The number of fused-ring (bicyclic) bond motifs is 1. The Kier molecular flexibility index (Phi) is 6.52. The van der Waals surface area contributed by atoms with Crippen molar-refractivity contribution in [2.45, 2.75) is 32.7 Å². The van der Waals surface area contributed by atoms with Crippen molar-refractivity contribution in [2.24, 2.45) is 0 Å². The molecule has 2 aromatic carbocycles. The fourth-order valence-electron chi connectivity index (χ4n) is 4.20. The van der Waals surface area contributed by atoms with Crippen molar-refractivity contribution in [1.82, 2.24) is 9.47 Å². The monoisotopic (exact) mass is 434 g/mol. The van der Waals surface area contributed by atoms with E-state index in [4.69, 9.17) is 0 Å². The molecule has 0 aliphatic rings. The minimum atomic E-state index is -0.227. The highest BCUT2D eigenvalue weighted by Crippen LogP contribution is 2.37. The van der Waals surface area contributed by atoms with Gasteiger partial charge in [0.25, 0.3) is 0 Å². The maximum absolute atomic E-state index is 13.3. The maximum Gasteiger partial charge on any atom is 0.223 e. The van der Waals surface area contributed by atoms with Gasteiger partial charge in [0.1, 0.15) is 5.82 Å². The third-order valence-electron chi connectivity index (χ3n) is 5.84. The van der Waals surface area contributed by atoms with Crippen molar-refractivity contribution in [3.8, 4) is 0 Å². The summed E-state index contributed by atoms with van der Waals surface area (Å²) in [4.78, 5) is 16.1. The van der Waals surface area contributed by atoms with Crippen molar-refractivity contribution < 1.29 is 9.18 Å². The molecule has 2 heterocycles. The number of carbonyl (C=O) groups excluding carboxylic acids is 1. The SMILES string of the molecule is CCN(CC)C(=O)C[C@@H](c1cccs1)c1cn(Cc2ccc(F)cc2)c2ccccc12. The van der Waals surface area contributed by atoms with E-state index in [1.807, 2.05) is 49.1 Å². The van der Waals surface area contributed by atoms with Crippen LogP contribution in [0.1, 0.15) is 42.2 Å². The van der Waals surface area contributed by atoms with Crippen molar-refractivity contribution >= 4 is 28.1 Å². The number of amides is 1. The summed E-state index contributed by atoms with van der Waals surface area (Å²) in [5.74, 6) is -0.0410. The van der Waals surface area contributed by atoms with E-state index in [1.165, 1.54) is 22.6 Å². The standard InChI is InChI=1S/C26H27FN2OS/c1-3-28(4-2)26(30)16-22(25-10-7-15-31-25)23-18-29(24-9-6-5-8-21(23)24)17-19-11-13-20(27)14-12-19/h5-15,18,22H,3-4,16-17H2,1-2H3/t22-/m1/s1. The van der Waals surface area contributed by atoms with Gasteiger partial charge in [-0.05, 0) is 54.6 Å². The number of hydrogen-bond donors (Lipinski definition) is 0. The Hall–Kier alpha value is -2.92. The van der Waals surface area contributed by atoms with Crippen LogP contribution in [-0.2, 0) is 11.3 Å². The van der Waals surface area contributed by atoms with Gasteiger partial charge in [-0.2, -0.15) is 0 Å². The number of benzene rings is 2. The van der Waals surface area contributed by atoms with Crippen LogP contribution in [0.15, 0.2) is 72.2 Å². The summed E-state index contributed by atoms with van der Waals surface area (Å²) in [6.45, 7) is 6.14. The summed E-state index contributed by atoms with van der Waals surface area (Å²) in [6.07, 6.45) is 2.63. The van der Waals surface area contributed by atoms with Gasteiger partial charge in [-0.3, -0.25) is 4.79 Å². The van der Waals surface area contributed by atoms with E-state index < -0.39 is 0 Å². The van der Waals surface area contributed by atoms with Crippen LogP contribution in [-0.4, -0.2) is 28.5 Å². The zero-order valence-corrected chi connectivity index (χ0v) is 18.7. The predicted octanol–water partition coefficient (Wildman–Crippen LogP) is 6.28. The van der Waals surface area contributed by atoms with E-state index in [9.17, 15) is 9.18 Å². The summed E-state index contributed by atoms with van der Waals surface area (Å²) >= 11 is 1.70. The largest absolute Gasteiger partial charge is 0.343 e. The molecule has 0 unspecified atom stereocenters. The van der Waals surface area contributed by atoms with Gasteiger partial charge in [-0.1, -0.05) is 36.4 Å². The lowest BCUT2D eigenvalue weighted by molar-refractivity contribution is -0.131. The van der Waals surface area contributed by atoms with Gasteiger partial charge in [-0.25, -0.2) is 4.39 Å². The number of para-hydroxylation sites is 1. The van der Waals surface area contributed by atoms with Gasteiger partial charge >= 0.3 is 0 Å². The second-order valence-corrected chi connectivity index (χ2v) is 8.67. The fraction of sp³-hybridized carbons (Fsp3) is 0.269. The molecule has 0 saturated carbocycles. The number of nitrogens with zero attached hydrogens (tertiary/aromatic N) is 2. The van der Waals surface area contributed by atoms with Gasteiger partial charge in [-0.15, -0.1) is 11.3 Å². The Morgan fingerprint density at radius 1 is 1.03 bits per heavy atom. The highest BCUT2D eigenvalue weighted by molar-refractivity contribution is 7.10. The number of halogens is 1. The zero-order valence-electron chi connectivity index (χ0n) is 17.9. The molecule has 0 spiro atoms. The fourth-order valence-corrected chi connectivity index (χ4v) is 5.05. The Bertz CT molecular complexity index is 1140. The smallest absolute Gasteiger partial charge is 0.223 e. The number of carbonyl (C=O) groups is 1. The van der Waals surface area contributed by atoms with Crippen LogP contribution in [0.2, 0.25) is 0 Å². The number of hydrogen-bond acceptors (Lipinski definition) is 2. The molecule has 0 fully saturated rings. The first-order valence-electron chi connectivity index (χ1n) is 10.7. The van der Waals surface area contributed by atoms with Crippen LogP contribution in [0.4, 0.5) is 4.39 Å². The molecule has 160 valence electrons. The maximum atomic E-state index is 13.3. The molecule has 0 bridgehead atoms. The lowest BCUT2D eigenvalue weighted by Crippen LogP contribution is -2.31. The first-order chi connectivity index (χ1) is 15.1. The van der Waals surface area contributed by atoms with Gasteiger partial charge < -0.3 is 9.47 Å². The molecule has 0 N–H and O–H groups in total. The molecule has 4 aromatic rings. The van der Waals surface area contributed by atoms with Gasteiger partial charge in [0.2, 0.25) is 5.91 Å². The Labute approximate surface area is 186 Å². The molecule has 2 aromatic heterocycles. The Morgan fingerprint density at radius 2 is 1.77 bits per heavy atom. The summed E-state index contributed by atoms with van der Waals surface area (Å²) in [5.41, 5.74) is 3.33. The summed E-state index contributed by atoms with van der Waals surface area (Å²) < 4.78 is 15.6. The lowest BCUT2D eigenvalue weighted by Gasteiger charge is -2.22. The van der Waals surface area contributed by atoms with E-state index in [0.29, 0.717) is 13.0 Å². The average molecular weight is 435 g/mol. The lowest BCUT2D eigenvalue weighted by atomic mass is 9.93. The summed E-state index contributed by atoms with van der Waals surface area (Å²) in [6, 6.07) is 19.1. The minimum Gasteiger partial charge on any atom is -0.343 e. The molecular weight excluding hydrogens is 407 g/mol. The molecule has 5 heteroatoms. The van der Waals surface area contributed by atoms with E-state index >= 15 is 0 Å². The topological polar surface area (TPSA) is 25.2 Å². The minimum absolute atomic E-state index is 0.00691. The van der Waals surface area contributed by atoms with Crippen molar-refractivity contribution in [3.05, 3.63) is 94.1 Å². The normalized spacial score (nSPS) is 12.2. The molecule has 4 rings (SSSR count). The van der Waals surface area contributed by atoms with Gasteiger partial charge in [0.05, 0.1) is 0 Å². The van der Waals surface area contributed by atoms with Gasteiger partial charge in [0, 0.05) is 53.9 Å². The second-order valence-electron chi connectivity index (χ2n) is 7.69. The van der Waals surface area contributed by atoms with Crippen LogP contribution < -0.4 is 0 Å². The summed E-state index contributed by atoms with van der Waals surface area (Å²) in [5, 5.41) is 3.23. The van der Waals surface area contributed by atoms with Crippen LogP contribution in [0, 0.1) is 5.82 Å². The molecule has 0 aliphatic carbocycles. The number of rotatable bonds is 8. The average Bonchev–Trinajstić information content (AvgIpc) is 3.44. The molecule has 3 nitrogen and oxygen atoms in total. The second kappa shape index (κ2) is 9.48. The van der Waals surface area contributed by atoms with E-state index in [-0.39, 0.29) is 17.6 Å². The summed E-state index contributed by atoms with van der Waals surface area (Å²) in [7, 11) is 0. The highest BCUT2D eigenvalue weighted by Gasteiger charge is 2.25. The molecule has 1 amide bonds. The first-order valence-corrected chi connectivity index (χ1v) is 11.6. The number of aromatic nitrogens is 1. The van der Waals surface area contributed by atoms with Crippen LogP contribution in [0.3, 0.4) is 0 Å². The van der Waals surface area contributed by atoms with E-state index in [2.05, 4.69) is 34.3 Å². The molecule has 31 heavy (non-hydrogen) atoms. The van der Waals surface area contributed by atoms with Crippen LogP contribution in [0.25, 0.3) is 10.9 Å². The first kappa shape index (κ1) is 21.3. The third-order valence-corrected chi connectivity index (χ3v) is 6.83. The molecule has 0 radical (unpaired) electrons. The molecule has 0 saturated heterocycles. The highest BCUT2D eigenvalue weighted by atomic mass is 32.1. The van der Waals surface area contributed by atoms with Crippen molar-refractivity contribution in [2.75, 3.05) is 13.1 Å². The zero-order chi connectivity index (χ0) is 21.8. The Morgan fingerprint density at radius 3 is 2.45 bits per heavy atom. The predicted molar refractivity (Wildman–Crippen MR) is 126 cm³/mol.